The average Bonchev–Trinajstić information content (AvgIpc) is 2.33. The predicted molar refractivity (Wildman–Crippen MR) is 69.1 cm³/mol. The standard InChI is InChI=1S/C13H18N2O3/c14-11-5-2-1-4-10(11)7-8-12(16)15-9-3-6-13(17)18/h1-2,4-5H,3,6-9,14H2,(H,15,16)(H,17,18). The molecular weight excluding hydrogens is 232 g/mol. The van der Waals surface area contributed by atoms with Gasteiger partial charge >= 0.3 is 5.97 Å². The number of rotatable bonds is 7. The third kappa shape index (κ3) is 5.34. The van der Waals surface area contributed by atoms with E-state index < -0.39 is 5.97 Å². The second kappa shape index (κ2) is 7.32. The Bertz CT molecular complexity index is 418. The maximum Gasteiger partial charge on any atom is 0.303 e. The number of carboxylic acid groups (broad SMARTS) is 1. The zero-order chi connectivity index (χ0) is 13.4. The van der Waals surface area contributed by atoms with Gasteiger partial charge in [-0.3, -0.25) is 9.59 Å². The van der Waals surface area contributed by atoms with Gasteiger partial charge in [0.1, 0.15) is 0 Å². The summed E-state index contributed by atoms with van der Waals surface area (Å²) in [5.74, 6) is -0.926. The van der Waals surface area contributed by atoms with Gasteiger partial charge in [0.05, 0.1) is 0 Å². The number of nitrogen functional groups attached to an aromatic ring is 1. The summed E-state index contributed by atoms with van der Waals surface area (Å²) in [7, 11) is 0. The maximum atomic E-state index is 11.5. The Morgan fingerprint density at radius 2 is 1.94 bits per heavy atom. The van der Waals surface area contributed by atoms with Gasteiger partial charge in [-0.05, 0) is 24.5 Å². The van der Waals surface area contributed by atoms with Crippen molar-refractivity contribution in [3.05, 3.63) is 29.8 Å². The van der Waals surface area contributed by atoms with Gasteiger partial charge in [0, 0.05) is 25.1 Å². The van der Waals surface area contributed by atoms with Crippen molar-refractivity contribution in [2.75, 3.05) is 12.3 Å². The van der Waals surface area contributed by atoms with Crippen molar-refractivity contribution < 1.29 is 14.7 Å². The quantitative estimate of drug-likeness (QED) is 0.500. The number of carbonyl (C=O) groups is 2. The van der Waals surface area contributed by atoms with Gasteiger partial charge in [-0.25, -0.2) is 0 Å². The third-order valence-corrected chi connectivity index (χ3v) is 2.57. The number of aliphatic carboxylic acids is 1. The maximum absolute atomic E-state index is 11.5. The monoisotopic (exact) mass is 250 g/mol. The number of nitrogens with one attached hydrogen (secondary N) is 1. The number of para-hydroxylation sites is 1. The van der Waals surface area contributed by atoms with Crippen LogP contribution in [0.25, 0.3) is 0 Å². The molecule has 0 unspecified atom stereocenters. The number of hydrogen-bond acceptors (Lipinski definition) is 3. The highest BCUT2D eigenvalue weighted by atomic mass is 16.4. The van der Waals surface area contributed by atoms with E-state index in [0.29, 0.717) is 31.5 Å². The Hall–Kier alpha value is -2.04. The molecule has 1 rings (SSSR count). The lowest BCUT2D eigenvalue weighted by Crippen LogP contribution is -2.25. The second-order valence-corrected chi connectivity index (χ2v) is 4.05. The highest BCUT2D eigenvalue weighted by molar-refractivity contribution is 5.76. The van der Waals surface area contributed by atoms with E-state index in [0.717, 1.165) is 5.56 Å². The second-order valence-electron chi connectivity index (χ2n) is 4.05. The molecule has 0 aliphatic heterocycles. The Balaban J connectivity index is 2.21. The Morgan fingerprint density at radius 3 is 2.61 bits per heavy atom. The Morgan fingerprint density at radius 1 is 1.22 bits per heavy atom. The van der Waals surface area contributed by atoms with Crippen molar-refractivity contribution in [3.8, 4) is 0 Å². The van der Waals surface area contributed by atoms with Gasteiger partial charge < -0.3 is 16.2 Å². The van der Waals surface area contributed by atoms with Crippen molar-refractivity contribution in [2.24, 2.45) is 0 Å². The highest BCUT2D eigenvalue weighted by Gasteiger charge is 2.04. The van der Waals surface area contributed by atoms with Crippen LogP contribution in [0.15, 0.2) is 24.3 Å². The molecule has 0 saturated carbocycles. The van der Waals surface area contributed by atoms with Gasteiger partial charge in [-0.15, -0.1) is 0 Å². The summed E-state index contributed by atoms with van der Waals surface area (Å²) in [5.41, 5.74) is 7.41. The molecule has 4 N–H and O–H groups in total. The molecule has 1 aromatic rings. The molecule has 5 nitrogen and oxygen atoms in total. The fourth-order valence-corrected chi connectivity index (χ4v) is 1.57. The van der Waals surface area contributed by atoms with Gasteiger partial charge in [-0.2, -0.15) is 0 Å². The third-order valence-electron chi connectivity index (χ3n) is 2.57. The molecule has 0 bridgehead atoms. The lowest BCUT2D eigenvalue weighted by molar-refractivity contribution is -0.137. The summed E-state index contributed by atoms with van der Waals surface area (Å²) in [6, 6.07) is 7.44. The van der Waals surface area contributed by atoms with Crippen molar-refractivity contribution in [2.45, 2.75) is 25.7 Å². The number of carbonyl (C=O) groups excluding carboxylic acids is 1. The van der Waals surface area contributed by atoms with Gasteiger partial charge in [-0.1, -0.05) is 18.2 Å². The first-order chi connectivity index (χ1) is 8.59. The number of carboxylic acids is 1. The van der Waals surface area contributed by atoms with Crippen molar-refractivity contribution in [3.63, 3.8) is 0 Å². The molecule has 0 aromatic heterocycles. The number of aryl methyl sites for hydroxylation is 1. The van der Waals surface area contributed by atoms with E-state index in [-0.39, 0.29) is 12.3 Å². The van der Waals surface area contributed by atoms with E-state index in [1.807, 2.05) is 18.2 Å². The van der Waals surface area contributed by atoms with E-state index in [9.17, 15) is 9.59 Å². The smallest absolute Gasteiger partial charge is 0.303 e. The van der Waals surface area contributed by atoms with Crippen molar-refractivity contribution >= 4 is 17.6 Å². The van der Waals surface area contributed by atoms with Crippen LogP contribution in [0.4, 0.5) is 5.69 Å². The zero-order valence-electron chi connectivity index (χ0n) is 10.2. The molecule has 0 fully saturated rings. The summed E-state index contributed by atoms with van der Waals surface area (Å²) in [5, 5.41) is 11.1. The van der Waals surface area contributed by atoms with E-state index in [4.69, 9.17) is 10.8 Å². The summed E-state index contributed by atoms with van der Waals surface area (Å²) in [6.07, 6.45) is 1.49. The van der Waals surface area contributed by atoms with Crippen LogP contribution in [0, 0.1) is 0 Å². The highest BCUT2D eigenvalue weighted by Crippen LogP contribution is 2.12. The van der Waals surface area contributed by atoms with E-state index >= 15 is 0 Å². The predicted octanol–water partition coefficient (Wildman–Crippen LogP) is 1.18. The van der Waals surface area contributed by atoms with Crippen LogP contribution in [-0.4, -0.2) is 23.5 Å². The molecule has 18 heavy (non-hydrogen) atoms. The molecule has 5 heteroatoms. The Labute approximate surface area is 106 Å². The van der Waals surface area contributed by atoms with Crippen LogP contribution >= 0.6 is 0 Å². The van der Waals surface area contributed by atoms with E-state index in [2.05, 4.69) is 5.32 Å². The zero-order valence-corrected chi connectivity index (χ0v) is 10.2. The number of amides is 1. The SMILES string of the molecule is Nc1ccccc1CCC(=O)NCCCC(=O)O. The van der Waals surface area contributed by atoms with Crippen LogP contribution in [0.3, 0.4) is 0 Å². The minimum Gasteiger partial charge on any atom is -0.481 e. The van der Waals surface area contributed by atoms with Gasteiger partial charge in [0.25, 0.3) is 0 Å². The molecule has 0 saturated heterocycles. The first kappa shape index (κ1) is 14.0. The fraction of sp³-hybridized carbons (Fsp3) is 0.385. The van der Waals surface area contributed by atoms with Crippen LogP contribution < -0.4 is 11.1 Å². The minimum atomic E-state index is -0.846. The molecule has 0 heterocycles. The summed E-state index contributed by atoms with van der Waals surface area (Å²) in [6.45, 7) is 0.398. The minimum absolute atomic E-state index is 0.0753. The molecule has 0 radical (unpaired) electrons. The van der Waals surface area contributed by atoms with E-state index in [1.54, 1.807) is 6.07 Å². The number of anilines is 1. The lowest BCUT2D eigenvalue weighted by Gasteiger charge is -2.06. The molecule has 0 aliphatic rings. The van der Waals surface area contributed by atoms with Crippen LogP contribution in [-0.2, 0) is 16.0 Å². The molecule has 1 amide bonds. The average molecular weight is 250 g/mol. The first-order valence-electron chi connectivity index (χ1n) is 5.91. The largest absolute Gasteiger partial charge is 0.481 e. The number of hydrogen-bond donors (Lipinski definition) is 3. The van der Waals surface area contributed by atoms with Crippen LogP contribution in [0.5, 0.6) is 0 Å². The lowest BCUT2D eigenvalue weighted by atomic mass is 10.1. The molecule has 0 atom stereocenters. The normalized spacial score (nSPS) is 10.0. The van der Waals surface area contributed by atoms with Crippen LogP contribution in [0.2, 0.25) is 0 Å². The summed E-state index contributed by atoms with van der Waals surface area (Å²) >= 11 is 0. The van der Waals surface area contributed by atoms with Crippen molar-refractivity contribution in [1.82, 2.24) is 5.32 Å². The molecule has 0 spiro atoms. The summed E-state index contributed by atoms with van der Waals surface area (Å²) in [4.78, 5) is 21.7. The topological polar surface area (TPSA) is 92.4 Å². The number of benzene rings is 1. The molecule has 1 aromatic carbocycles. The molecular formula is C13H18N2O3. The van der Waals surface area contributed by atoms with Gasteiger partial charge in [0.15, 0.2) is 0 Å². The Kier molecular flexibility index (Phi) is 5.70. The fourth-order valence-electron chi connectivity index (χ4n) is 1.57. The van der Waals surface area contributed by atoms with Gasteiger partial charge in [0.2, 0.25) is 5.91 Å². The number of nitrogens with two attached hydrogens (primary N) is 1. The van der Waals surface area contributed by atoms with Crippen molar-refractivity contribution in [1.29, 1.82) is 0 Å². The summed E-state index contributed by atoms with van der Waals surface area (Å²) < 4.78 is 0. The van der Waals surface area contributed by atoms with E-state index in [1.165, 1.54) is 0 Å². The molecule has 98 valence electrons. The first-order valence-corrected chi connectivity index (χ1v) is 5.91. The molecule has 0 aliphatic carbocycles. The van der Waals surface area contributed by atoms with Crippen LogP contribution in [0.1, 0.15) is 24.8 Å².